The van der Waals surface area contributed by atoms with Crippen LogP contribution in [0.3, 0.4) is 0 Å². The van der Waals surface area contributed by atoms with E-state index < -0.39 is 41.9 Å². The van der Waals surface area contributed by atoms with Crippen molar-refractivity contribution in [3.05, 3.63) is 143 Å². The summed E-state index contributed by atoms with van der Waals surface area (Å²) in [6.45, 7) is 3.78. The van der Waals surface area contributed by atoms with E-state index in [4.69, 9.17) is 0 Å². The van der Waals surface area contributed by atoms with Gasteiger partial charge in [0.15, 0.2) is 0 Å². The largest absolute Gasteiger partial charge is 1.00 e. The average molecular weight is 725 g/mol. The zero-order chi connectivity index (χ0) is 33.2. The molecule has 49 heavy (non-hydrogen) atoms. The Labute approximate surface area is 352 Å². The smallest absolute Gasteiger partial charge is 0.744 e. The molecule has 5 aromatic rings. The second-order valence-electron chi connectivity index (χ2n) is 10.6. The Hall–Kier alpha value is -2.01. The molecule has 5 aromatic carbocycles. The number of anilines is 4. The van der Waals surface area contributed by atoms with Crippen LogP contribution in [0, 0.1) is 19.9 Å². The van der Waals surface area contributed by atoms with Gasteiger partial charge in [-0.15, -0.1) is 11.6 Å². The number of aromatic carboxylic acids is 1. The summed E-state index contributed by atoms with van der Waals surface area (Å²) in [5.41, 5.74) is 4.47. The molecular formula is C34H27N2Na3O8S2. The molecular weight excluding hydrogens is 697 g/mol. The fraction of sp³-hybridized carbons (Fsp3) is 0.0882. The van der Waals surface area contributed by atoms with E-state index in [1.165, 1.54) is 12.1 Å². The van der Waals surface area contributed by atoms with Crippen LogP contribution in [-0.4, -0.2) is 31.9 Å². The number of carbonyl (C=O) groups is 1. The number of aryl methyl sites for hydroxylation is 2. The first-order chi connectivity index (χ1) is 21.7. The van der Waals surface area contributed by atoms with E-state index >= 15 is 0 Å². The quantitative estimate of drug-likeness (QED) is 0.0563. The Morgan fingerprint density at radius 2 is 1.31 bits per heavy atom. The number of para-hydroxylation sites is 2. The summed E-state index contributed by atoms with van der Waals surface area (Å²) in [5, 5.41) is 18.7. The van der Waals surface area contributed by atoms with Crippen molar-refractivity contribution in [3.8, 4) is 0 Å². The van der Waals surface area contributed by atoms with Gasteiger partial charge in [-0.05, 0) is 78.4 Å². The molecule has 10 nitrogen and oxygen atoms in total. The number of nitrogens with one attached hydrogen (secondary N) is 2. The SMILES string of the molecule is Cc1ccccc1Nc1[c-]cc(C(c2ccc(Nc3ccccc3C)c(C(=O)[O-])c2)c2ccc(S(=O)(=O)[O-])cc2S(=O)(=O)O)cc1.[Na+].[Na+].[Na+]. The number of carboxylic acid groups (broad SMARTS) is 1. The Morgan fingerprint density at radius 3 is 1.82 bits per heavy atom. The third-order valence-corrected chi connectivity index (χ3v) is 9.20. The van der Waals surface area contributed by atoms with E-state index in [1.54, 1.807) is 36.4 Å². The van der Waals surface area contributed by atoms with Gasteiger partial charge in [-0.3, -0.25) is 4.55 Å². The van der Waals surface area contributed by atoms with Crippen molar-refractivity contribution in [2.45, 2.75) is 29.6 Å². The maximum absolute atomic E-state index is 12.6. The van der Waals surface area contributed by atoms with Gasteiger partial charge >= 0.3 is 88.7 Å². The van der Waals surface area contributed by atoms with Crippen molar-refractivity contribution < 1.29 is 125 Å². The van der Waals surface area contributed by atoms with Gasteiger partial charge in [0, 0.05) is 22.6 Å². The van der Waals surface area contributed by atoms with E-state index in [2.05, 4.69) is 16.7 Å². The topological polar surface area (TPSA) is 176 Å². The summed E-state index contributed by atoms with van der Waals surface area (Å²) in [4.78, 5) is 10.7. The van der Waals surface area contributed by atoms with Crippen molar-refractivity contribution in [2.24, 2.45) is 0 Å². The van der Waals surface area contributed by atoms with Crippen LogP contribution in [0.4, 0.5) is 22.7 Å². The standard InChI is InChI=1S/C34H29N2O8S2.3Na/c1-21-7-3-5-9-29(21)35-25-14-11-23(12-15-25)33(27-17-16-26(45(39,40)41)20-32(27)46(42,43)44)24-13-18-31(28(19-24)34(37)38)36-30-10-6-4-8-22(30)2;;;/h3-14,16-20,33,35-36H,1-2H3,(H,37,38)(H,39,40,41)(H,42,43,44);;;/q-1;3*+1/p-2. The molecule has 0 aliphatic heterocycles. The Kier molecular flexibility index (Phi) is 15.8. The molecule has 0 spiro atoms. The van der Waals surface area contributed by atoms with Gasteiger partial charge in [0.25, 0.3) is 10.1 Å². The van der Waals surface area contributed by atoms with Crippen LogP contribution in [0.2, 0.25) is 0 Å². The van der Waals surface area contributed by atoms with Gasteiger partial charge < -0.3 is 25.1 Å². The number of benzene rings is 5. The average Bonchev–Trinajstić information content (AvgIpc) is 3.00. The minimum absolute atomic E-state index is 0. The maximum Gasteiger partial charge on any atom is 1.00 e. The fourth-order valence-corrected chi connectivity index (χ4v) is 6.44. The summed E-state index contributed by atoms with van der Waals surface area (Å²) in [6.07, 6.45) is 0. The third kappa shape index (κ3) is 10.5. The van der Waals surface area contributed by atoms with Crippen LogP contribution in [0.15, 0.2) is 113 Å². The molecule has 0 heterocycles. The molecule has 0 aromatic heterocycles. The Morgan fingerprint density at radius 1 is 0.735 bits per heavy atom. The van der Waals surface area contributed by atoms with Crippen molar-refractivity contribution in [1.29, 1.82) is 0 Å². The molecule has 0 bridgehead atoms. The molecule has 236 valence electrons. The van der Waals surface area contributed by atoms with Crippen molar-refractivity contribution in [3.63, 3.8) is 0 Å². The monoisotopic (exact) mass is 724 g/mol. The van der Waals surface area contributed by atoms with E-state index in [1.807, 2.05) is 50.2 Å². The Bertz CT molecular complexity index is 2180. The minimum atomic E-state index is -5.09. The number of hydrogen-bond donors (Lipinski definition) is 3. The van der Waals surface area contributed by atoms with Gasteiger partial charge in [0.1, 0.15) is 10.1 Å². The summed E-state index contributed by atoms with van der Waals surface area (Å²) < 4.78 is 70.6. The first kappa shape index (κ1) is 43.2. The normalized spacial score (nSPS) is 11.6. The van der Waals surface area contributed by atoms with Crippen LogP contribution >= 0.6 is 0 Å². The van der Waals surface area contributed by atoms with Gasteiger partial charge in [-0.1, -0.05) is 54.2 Å². The van der Waals surface area contributed by atoms with Crippen LogP contribution in [0.1, 0.15) is 44.1 Å². The third-order valence-electron chi connectivity index (χ3n) is 7.46. The first-order valence-electron chi connectivity index (χ1n) is 13.8. The first-order valence-corrected chi connectivity index (χ1v) is 16.7. The summed E-state index contributed by atoms with van der Waals surface area (Å²) in [7, 11) is -10.2. The minimum Gasteiger partial charge on any atom is -0.744 e. The predicted molar refractivity (Wildman–Crippen MR) is 170 cm³/mol. The molecule has 0 radical (unpaired) electrons. The van der Waals surface area contributed by atoms with Crippen molar-refractivity contribution in [2.75, 3.05) is 10.6 Å². The molecule has 15 heteroatoms. The van der Waals surface area contributed by atoms with Crippen LogP contribution in [0.5, 0.6) is 0 Å². The fourth-order valence-electron chi connectivity index (χ4n) is 5.11. The summed E-state index contributed by atoms with van der Waals surface area (Å²) in [6, 6.07) is 29.9. The van der Waals surface area contributed by atoms with Crippen LogP contribution < -0.4 is 104 Å². The van der Waals surface area contributed by atoms with E-state index in [0.717, 1.165) is 28.9 Å². The molecule has 0 amide bonds. The molecule has 0 saturated heterocycles. The number of carbonyl (C=O) groups excluding carboxylic acids is 1. The predicted octanol–water partition coefficient (Wildman–Crippen LogP) is -3.70. The molecule has 5 rings (SSSR count). The molecule has 0 fully saturated rings. The number of carboxylic acids is 1. The summed E-state index contributed by atoms with van der Waals surface area (Å²) >= 11 is 0. The van der Waals surface area contributed by atoms with Crippen molar-refractivity contribution >= 4 is 49.0 Å². The molecule has 0 saturated carbocycles. The zero-order valence-corrected chi connectivity index (χ0v) is 35.1. The maximum atomic E-state index is 12.6. The van der Waals surface area contributed by atoms with E-state index in [9.17, 15) is 35.8 Å². The van der Waals surface area contributed by atoms with Gasteiger partial charge in [-0.2, -0.15) is 26.6 Å². The second kappa shape index (κ2) is 18.0. The van der Waals surface area contributed by atoms with Crippen LogP contribution in [-0.2, 0) is 20.2 Å². The van der Waals surface area contributed by atoms with Gasteiger partial charge in [-0.25, -0.2) is 8.42 Å². The molecule has 0 aliphatic carbocycles. The van der Waals surface area contributed by atoms with E-state index in [-0.39, 0.29) is 111 Å². The number of rotatable bonds is 10. The molecule has 1 unspecified atom stereocenters. The molecule has 1 atom stereocenters. The molecule has 3 N–H and O–H groups in total. The van der Waals surface area contributed by atoms with E-state index in [0.29, 0.717) is 23.0 Å². The Balaban J connectivity index is 0.00000278. The summed E-state index contributed by atoms with van der Waals surface area (Å²) in [5.74, 6) is -2.58. The van der Waals surface area contributed by atoms with Crippen molar-refractivity contribution in [1.82, 2.24) is 0 Å². The number of hydrogen-bond acceptors (Lipinski definition) is 9. The second-order valence-corrected chi connectivity index (χ2v) is 13.3. The van der Waals surface area contributed by atoms with Gasteiger partial charge in [0.05, 0.1) is 15.8 Å². The van der Waals surface area contributed by atoms with Gasteiger partial charge in [0.2, 0.25) is 0 Å². The zero-order valence-electron chi connectivity index (χ0n) is 27.5. The van der Waals surface area contributed by atoms with Crippen LogP contribution in [0.25, 0.3) is 0 Å². The molecule has 0 aliphatic rings.